The summed E-state index contributed by atoms with van der Waals surface area (Å²) in [5.74, 6) is 0.986. The summed E-state index contributed by atoms with van der Waals surface area (Å²) < 4.78 is 0. The number of likely N-dealkylation sites (N-methyl/N-ethyl adjacent to an activating group) is 1. The zero-order valence-electron chi connectivity index (χ0n) is 14.6. The third-order valence-electron chi connectivity index (χ3n) is 4.83. The molecule has 0 aromatic rings. The van der Waals surface area contributed by atoms with Gasteiger partial charge in [-0.25, -0.2) is 0 Å². The Morgan fingerprint density at radius 2 is 1.45 bits per heavy atom. The van der Waals surface area contributed by atoms with Crippen LogP contribution in [0.5, 0.6) is 0 Å². The summed E-state index contributed by atoms with van der Waals surface area (Å²) in [6, 6.07) is 0.739. The van der Waals surface area contributed by atoms with E-state index in [4.69, 9.17) is 0 Å². The molecule has 0 radical (unpaired) electrons. The molecule has 3 nitrogen and oxygen atoms in total. The van der Waals surface area contributed by atoms with Gasteiger partial charge in [0.15, 0.2) is 0 Å². The van der Waals surface area contributed by atoms with Crippen molar-refractivity contribution in [3.8, 4) is 0 Å². The normalized spacial score (nSPS) is 23.7. The second-order valence-corrected chi connectivity index (χ2v) is 6.51. The molecule has 0 atom stereocenters. The largest absolute Gasteiger partial charge is 0.304 e. The maximum Gasteiger partial charge on any atom is 0.0110 e. The van der Waals surface area contributed by atoms with Crippen LogP contribution >= 0.6 is 0 Å². The average Bonchev–Trinajstić information content (AvgIpc) is 2.49. The summed E-state index contributed by atoms with van der Waals surface area (Å²) in [6.45, 7) is 17.7. The van der Waals surface area contributed by atoms with E-state index in [1.165, 1.54) is 65.1 Å². The van der Waals surface area contributed by atoms with Crippen LogP contribution in [0, 0.1) is 5.92 Å². The van der Waals surface area contributed by atoms with E-state index in [1.54, 1.807) is 0 Å². The number of nitrogens with zero attached hydrogens (tertiary/aromatic N) is 3. The Balaban J connectivity index is 0.000000956. The minimum absolute atomic E-state index is 0.739. The molecule has 0 aliphatic carbocycles. The quantitative estimate of drug-likeness (QED) is 0.785. The Kier molecular flexibility index (Phi) is 8.74. The molecule has 0 amide bonds. The summed E-state index contributed by atoms with van der Waals surface area (Å²) in [7, 11) is 2.24. The zero-order valence-corrected chi connectivity index (χ0v) is 14.6. The van der Waals surface area contributed by atoms with E-state index >= 15 is 0 Å². The predicted octanol–water partition coefficient (Wildman–Crippen LogP) is 2.77. The number of hydrogen-bond donors (Lipinski definition) is 0. The van der Waals surface area contributed by atoms with Crippen LogP contribution in [0.1, 0.15) is 47.0 Å². The van der Waals surface area contributed by atoms with Crippen LogP contribution in [0.25, 0.3) is 0 Å². The molecule has 120 valence electrons. The highest BCUT2D eigenvalue weighted by atomic mass is 15.2. The highest BCUT2D eigenvalue weighted by Gasteiger charge is 2.22. The lowest BCUT2D eigenvalue weighted by Gasteiger charge is -2.36. The molecular formula is C17H37N3. The molecule has 20 heavy (non-hydrogen) atoms. The fourth-order valence-corrected chi connectivity index (χ4v) is 3.19. The van der Waals surface area contributed by atoms with Crippen molar-refractivity contribution in [2.45, 2.75) is 53.0 Å². The minimum atomic E-state index is 0.739. The number of likely N-dealkylation sites (tertiary alicyclic amines) is 1. The molecule has 2 saturated heterocycles. The van der Waals surface area contributed by atoms with Crippen molar-refractivity contribution in [3.63, 3.8) is 0 Å². The number of piperazine rings is 1. The first-order valence-corrected chi connectivity index (χ1v) is 8.80. The minimum Gasteiger partial charge on any atom is -0.304 e. The monoisotopic (exact) mass is 283 g/mol. The SMILES string of the molecule is CC.CC(C)N1CCC(CCN2CCN(C)CC2)CC1. The highest BCUT2D eigenvalue weighted by Crippen LogP contribution is 2.22. The smallest absolute Gasteiger partial charge is 0.0110 e. The molecule has 0 saturated carbocycles. The van der Waals surface area contributed by atoms with Crippen LogP contribution in [0.4, 0.5) is 0 Å². The maximum absolute atomic E-state index is 2.66. The van der Waals surface area contributed by atoms with Gasteiger partial charge in [-0.1, -0.05) is 13.8 Å². The van der Waals surface area contributed by atoms with Gasteiger partial charge in [0.05, 0.1) is 0 Å². The molecule has 0 N–H and O–H groups in total. The summed E-state index contributed by atoms with van der Waals surface area (Å²) in [5, 5.41) is 0. The molecule has 3 heteroatoms. The first kappa shape index (κ1) is 17.9. The topological polar surface area (TPSA) is 9.72 Å². The molecule has 2 fully saturated rings. The van der Waals surface area contributed by atoms with Crippen LogP contribution in [0.2, 0.25) is 0 Å². The number of hydrogen-bond acceptors (Lipinski definition) is 3. The van der Waals surface area contributed by atoms with Crippen molar-refractivity contribution in [1.82, 2.24) is 14.7 Å². The van der Waals surface area contributed by atoms with Gasteiger partial charge in [0.1, 0.15) is 0 Å². The van der Waals surface area contributed by atoms with Crippen LogP contribution in [0.3, 0.4) is 0 Å². The second-order valence-electron chi connectivity index (χ2n) is 6.51. The molecule has 2 rings (SSSR count). The molecule has 0 aromatic carbocycles. The molecule has 0 spiro atoms. The van der Waals surface area contributed by atoms with Gasteiger partial charge in [0.2, 0.25) is 0 Å². The van der Waals surface area contributed by atoms with Crippen molar-refractivity contribution in [1.29, 1.82) is 0 Å². The molecular weight excluding hydrogens is 246 g/mol. The van der Waals surface area contributed by atoms with E-state index in [2.05, 4.69) is 35.6 Å². The van der Waals surface area contributed by atoms with Gasteiger partial charge < -0.3 is 14.7 Å². The first-order chi connectivity index (χ1) is 9.65. The van der Waals surface area contributed by atoms with Crippen molar-refractivity contribution in [2.75, 3.05) is 52.9 Å². The van der Waals surface area contributed by atoms with E-state index in [9.17, 15) is 0 Å². The van der Waals surface area contributed by atoms with E-state index in [0.717, 1.165) is 12.0 Å². The lowest BCUT2D eigenvalue weighted by molar-refractivity contribution is 0.118. The van der Waals surface area contributed by atoms with Gasteiger partial charge in [-0.15, -0.1) is 0 Å². The molecule has 2 aliphatic rings. The van der Waals surface area contributed by atoms with Crippen LogP contribution in [0.15, 0.2) is 0 Å². The molecule has 0 unspecified atom stereocenters. The van der Waals surface area contributed by atoms with Crippen molar-refractivity contribution in [3.05, 3.63) is 0 Å². The maximum atomic E-state index is 2.66. The van der Waals surface area contributed by atoms with Crippen molar-refractivity contribution in [2.24, 2.45) is 5.92 Å². The van der Waals surface area contributed by atoms with E-state index < -0.39 is 0 Å². The fraction of sp³-hybridized carbons (Fsp3) is 1.00. The van der Waals surface area contributed by atoms with Crippen molar-refractivity contribution >= 4 is 0 Å². The molecule has 0 bridgehead atoms. The lowest BCUT2D eigenvalue weighted by Crippen LogP contribution is -2.45. The van der Waals surface area contributed by atoms with Gasteiger partial charge in [-0.2, -0.15) is 0 Å². The highest BCUT2D eigenvalue weighted by molar-refractivity contribution is 4.76. The first-order valence-electron chi connectivity index (χ1n) is 8.80. The second kappa shape index (κ2) is 9.75. The van der Waals surface area contributed by atoms with E-state index in [0.29, 0.717) is 0 Å². The summed E-state index contributed by atoms with van der Waals surface area (Å²) in [6.07, 6.45) is 4.27. The van der Waals surface area contributed by atoms with Gasteiger partial charge in [-0.05, 0) is 65.7 Å². The van der Waals surface area contributed by atoms with Crippen LogP contribution in [-0.2, 0) is 0 Å². The Morgan fingerprint density at radius 3 is 1.95 bits per heavy atom. The molecule has 0 aromatic heterocycles. The third-order valence-corrected chi connectivity index (χ3v) is 4.83. The molecule has 2 heterocycles. The number of piperidine rings is 1. The standard InChI is InChI=1S/C15H31N3.C2H6/c1-14(2)18-8-5-15(6-9-18)4-7-17-12-10-16(3)11-13-17;1-2/h14-15H,4-13H2,1-3H3;1-2H3. The zero-order chi connectivity index (χ0) is 15.0. The Hall–Kier alpha value is -0.120. The van der Waals surface area contributed by atoms with Gasteiger partial charge in [-0.3, -0.25) is 0 Å². The van der Waals surface area contributed by atoms with Crippen molar-refractivity contribution < 1.29 is 0 Å². The Bertz CT molecular complexity index is 226. The van der Waals surface area contributed by atoms with Gasteiger partial charge >= 0.3 is 0 Å². The fourth-order valence-electron chi connectivity index (χ4n) is 3.19. The molecule has 2 aliphatic heterocycles. The van der Waals surface area contributed by atoms with Gasteiger partial charge in [0, 0.05) is 32.2 Å². The summed E-state index contributed by atoms with van der Waals surface area (Å²) in [4.78, 5) is 7.73. The number of rotatable bonds is 4. The summed E-state index contributed by atoms with van der Waals surface area (Å²) >= 11 is 0. The Labute approximate surface area is 127 Å². The predicted molar refractivity (Wildman–Crippen MR) is 89.3 cm³/mol. The van der Waals surface area contributed by atoms with E-state index in [1.807, 2.05) is 13.8 Å². The third kappa shape index (κ3) is 6.11. The summed E-state index contributed by atoms with van der Waals surface area (Å²) in [5.41, 5.74) is 0. The van der Waals surface area contributed by atoms with Gasteiger partial charge in [0.25, 0.3) is 0 Å². The van der Waals surface area contributed by atoms with Crippen LogP contribution in [-0.4, -0.2) is 73.6 Å². The van der Waals surface area contributed by atoms with E-state index in [-0.39, 0.29) is 0 Å². The Morgan fingerprint density at radius 1 is 0.900 bits per heavy atom. The van der Waals surface area contributed by atoms with Crippen LogP contribution < -0.4 is 0 Å². The lowest BCUT2D eigenvalue weighted by atomic mass is 9.92. The average molecular weight is 284 g/mol.